The number of rotatable bonds is 7. The lowest BCUT2D eigenvalue weighted by Gasteiger charge is -2.09. The molecule has 0 spiro atoms. The Labute approximate surface area is 172 Å². The SMILES string of the molecule is COc1ccc(C(=O)N/N=C/c2ccccc2OCc2ccc(Br)cc2)cc1. The van der Waals surface area contributed by atoms with E-state index >= 15 is 0 Å². The van der Waals surface area contributed by atoms with Crippen molar-refractivity contribution in [1.29, 1.82) is 0 Å². The molecule has 0 aliphatic carbocycles. The van der Waals surface area contributed by atoms with Crippen LogP contribution >= 0.6 is 15.9 Å². The Hall–Kier alpha value is -3.12. The number of halogens is 1. The predicted molar refractivity (Wildman–Crippen MR) is 113 cm³/mol. The number of nitrogens with one attached hydrogen (secondary N) is 1. The molecule has 0 aliphatic rings. The molecule has 3 rings (SSSR count). The molecule has 0 unspecified atom stereocenters. The number of hydrazone groups is 1. The molecule has 0 saturated carbocycles. The summed E-state index contributed by atoms with van der Waals surface area (Å²) < 4.78 is 12.0. The Balaban J connectivity index is 1.61. The van der Waals surface area contributed by atoms with Crippen molar-refractivity contribution in [3.05, 3.63) is 94.0 Å². The number of nitrogens with zero attached hydrogens (tertiary/aromatic N) is 1. The molecule has 0 atom stereocenters. The van der Waals surface area contributed by atoms with Crippen molar-refractivity contribution in [2.24, 2.45) is 5.10 Å². The smallest absolute Gasteiger partial charge is 0.271 e. The number of methoxy groups -OCH3 is 1. The summed E-state index contributed by atoms with van der Waals surface area (Å²) in [6.07, 6.45) is 1.57. The minimum absolute atomic E-state index is 0.299. The number of hydrogen-bond acceptors (Lipinski definition) is 4. The van der Waals surface area contributed by atoms with Crippen LogP contribution in [0.15, 0.2) is 82.4 Å². The first-order valence-corrected chi connectivity index (χ1v) is 9.39. The molecule has 0 saturated heterocycles. The lowest BCUT2D eigenvalue weighted by molar-refractivity contribution is 0.0955. The third-order valence-electron chi connectivity index (χ3n) is 3.95. The number of hydrogen-bond donors (Lipinski definition) is 1. The van der Waals surface area contributed by atoms with E-state index in [1.165, 1.54) is 0 Å². The van der Waals surface area contributed by atoms with Gasteiger partial charge in [0.05, 0.1) is 13.3 Å². The highest BCUT2D eigenvalue weighted by Gasteiger charge is 2.05. The van der Waals surface area contributed by atoms with Gasteiger partial charge in [-0.25, -0.2) is 5.43 Å². The quantitative estimate of drug-likeness (QED) is 0.425. The molecule has 28 heavy (non-hydrogen) atoms. The maximum Gasteiger partial charge on any atom is 0.271 e. The fourth-order valence-corrected chi connectivity index (χ4v) is 2.69. The molecule has 0 fully saturated rings. The topological polar surface area (TPSA) is 59.9 Å². The van der Waals surface area contributed by atoms with Gasteiger partial charge in [-0.2, -0.15) is 5.10 Å². The van der Waals surface area contributed by atoms with Gasteiger partial charge in [0.15, 0.2) is 0 Å². The second-order valence-electron chi connectivity index (χ2n) is 5.88. The maximum absolute atomic E-state index is 12.2. The summed E-state index contributed by atoms with van der Waals surface area (Å²) in [6, 6.07) is 22.3. The van der Waals surface area contributed by atoms with E-state index in [-0.39, 0.29) is 5.91 Å². The summed E-state index contributed by atoms with van der Waals surface area (Å²) in [5.74, 6) is 1.08. The fraction of sp³-hybridized carbons (Fsp3) is 0.0909. The molecule has 3 aromatic carbocycles. The zero-order valence-corrected chi connectivity index (χ0v) is 16.8. The van der Waals surface area contributed by atoms with Crippen molar-refractivity contribution < 1.29 is 14.3 Å². The maximum atomic E-state index is 12.2. The van der Waals surface area contributed by atoms with Crippen LogP contribution in [0.2, 0.25) is 0 Å². The highest BCUT2D eigenvalue weighted by atomic mass is 79.9. The van der Waals surface area contributed by atoms with Gasteiger partial charge in [0.1, 0.15) is 18.1 Å². The van der Waals surface area contributed by atoms with Crippen molar-refractivity contribution in [3.63, 3.8) is 0 Å². The van der Waals surface area contributed by atoms with Crippen LogP contribution in [0.1, 0.15) is 21.5 Å². The van der Waals surface area contributed by atoms with Crippen LogP contribution in [0.25, 0.3) is 0 Å². The molecule has 0 radical (unpaired) electrons. The van der Waals surface area contributed by atoms with E-state index in [1.807, 2.05) is 48.5 Å². The van der Waals surface area contributed by atoms with Gasteiger partial charge in [-0.1, -0.05) is 40.2 Å². The zero-order chi connectivity index (χ0) is 19.8. The second kappa shape index (κ2) is 9.71. The number of ether oxygens (including phenoxy) is 2. The molecule has 0 bridgehead atoms. The molecule has 5 nitrogen and oxygen atoms in total. The van der Waals surface area contributed by atoms with Crippen LogP contribution in [0.4, 0.5) is 0 Å². The van der Waals surface area contributed by atoms with Crippen LogP contribution in [-0.4, -0.2) is 19.2 Å². The van der Waals surface area contributed by atoms with Crippen molar-refractivity contribution >= 4 is 28.1 Å². The molecule has 0 aromatic heterocycles. The van der Waals surface area contributed by atoms with E-state index in [0.29, 0.717) is 23.7 Å². The summed E-state index contributed by atoms with van der Waals surface area (Å²) in [5, 5.41) is 4.05. The first-order valence-electron chi connectivity index (χ1n) is 8.59. The summed E-state index contributed by atoms with van der Waals surface area (Å²) in [7, 11) is 1.58. The Morgan fingerprint density at radius 2 is 1.75 bits per heavy atom. The number of carbonyl (C=O) groups excluding carboxylic acids is 1. The van der Waals surface area contributed by atoms with E-state index < -0.39 is 0 Å². The van der Waals surface area contributed by atoms with E-state index in [9.17, 15) is 4.79 Å². The molecule has 1 N–H and O–H groups in total. The van der Waals surface area contributed by atoms with Gasteiger partial charge in [0, 0.05) is 15.6 Å². The third kappa shape index (κ3) is 5.44. The van der Waals surface area contributed by atoms with Crippen LogP contribution in [0.3, 0.4) is 0 Å². The van der Waals surface area contributed by atoms with Crippen molar-refractivity contribution in [1.82, 2.24) is 5.43 Å². The lowest BCUT2D eigenvalue weighted by atomic mass is 10.2. The Bertz CT molecular complexity index is 954. The number of benzene rings is 3. The Morgan fingerprint density at radius 1 is 1.04 bits per heavy atom. The van der Waals surface area contributed by atoms with Crippen molar-refractivity contribution in [3.8, 4) is 11.5 Å². The Morgan fingerprint density at radius 3 is 2.46 bits per heavy atom. The van der Waals surface area contributed by atoms with Crippen LogP contribution in [0.5, 0.6) is 11.5 Å². The van der Waals surface area contributed by atoms with E-state index in [4.69, 9.17) is 9.47 Å². The highest BCUT2D eigenvalue weighted by molar-refractivity contribution is 9.10. The summed E-state index contributed by atoms with van der Waals surface area (Å²) in [6.45, 7) is 0.441. The standard InChI is InChI=1S/C22H19BrN2O3/c1-27-20-12-8-17(9-13-20)22(26)25-24-14-18-4-2-3-5-21(18)28-15-16-6-10-19(23)11-7-16/h2-14H,15H2,1H3,(H,25,26)/b24-14+. The number of carbonyl (C=O) groups is 1. The monoisotopic (exact) mass is 438 g/mol. The third-order valence-corrected chi connectivity index (χ3v) is 4.48. The Kier molecular flexibility index (Phi) is 6.81. The largest absolute Gasteiger partial charge is 0.497 e. The summed E-state index contributed by atoms with van der Waals surface area (Å²) in [5.41, 5.74) is 4.85. The number of para-hydroxylation sites is 1. The van der Waals surface area contributed by atoms with Gasteiger partial charge in [0.2, 0.25) is 0 Å². The first-order chi connectivity index (χ1) is 13.7. The molecule has 6 heteroatoms. The van der Waals surface area contributed by atoms with Gasteiger partial charge in [-0.3, -0.25) is 4.79 Å². The van der Waals surface area contributed by atoms with Gasteiger partial charge < -0.3 is 9.47 Å². The van der Waals surface area contributed by atoms with E-state index in [2.05, 4.69) is 26.5 Å². The van der Waals surface area contributed by atoms with Gasteiger partial charge in [-0.05, 0) is 54.1 Å². The molecule has 0 aliphatic heterocycles. The second-order valence-corrected chi connectivity index (χ2v) is 6.80. The zero-order valence-electron chi connectivity index (χ0n) is 15.3. The highest BCUT2D eigenvalue weighted by Crippen LogP contribution is 2.18. The summed E-state index contributed by atoms with van der Waals surface area (Å²) in [4.78, 5) is 12.2. The number of amides is 1. The van der Waals surface area contributed by atoms with Crippen molar-refractivity contribution in [2.75, 3.05) is 7.11 Å². The van der Waals surface area contributed by atoms with Crippen LogP contribution < -0.4 is 14.9 Å². The lowest BCUT2D eigenvalue weighted by Crippen LogP contribution is -2.17. The minimum Gasteiger partial charge on any atom is -0.497 e. The predicted octanol–water partition coefficient (Wildman–Crippen LogP) is 4.80. The molecular weight excluding hydrogens is 420 g/mol. The van der Waals surface area contributed by atoms with E-state index in [1.54, 1.807) is 37.6 Å². The van der Waals surface area contributed by atoms with Gasteiger partial charge in [0.25, 0.3) is 5.91 Å². The summed E-state index contributed by atoms with van der Waals surface area (Å²) >= 11 is 3.42. The molecular formula is C22H19BrN2O3. The molecule has 3 aromatic rings. The van der Waals surface area contributed by atoms with E-state index in [0.717, 1.165) is 15.6 Å². The van der Waals surface area contributed by atoms with Gasteiger partial charge in [-0.15, -0.1) is 0 Å². The molecule has 0 heterocycles. The first kappa shape index (κ1) is 19.6. The van der Waals surface area contributed by atoms with Gasteiger partial charge >= 0.3 is 0 Å². The fourth-order valence-electron chi connectivity index (χ4n) is 2.43. The van der Waals surface area contributed by atoms with Crippen molar-refractivity contribution in [2.45, 2.75) is 6.61 Å². The average molecular weight is 439 g/mol. The normalized spacial score (nSPS) is 10.6. The minimum atomic E-state index is -0.299. The molecule has 142 valence electrons. The average Bonchev–Trinajstić information content (AvgIpc) is 2.74. The van der Waals surface area contributed by atoms with Crippen LogP contribution in [0, 0.1) is 0 Å². The van der Waals surface area contributed by atoms with Crippen LogP contribution in [-0.2, 0) is 6.61 Å². The molecule has 1 amide bonds.